The topological polar surface area (TPSA) is 103 Å². The van der Waals surface area contributed by atoms with Crippen molar-refractivity contribution in [3.05, 3.63) is 107 Å². The summed E-state index contributed by atoms with van der Waals surface area (Å²) in [5.74, 6) is -0.754. The van der Waals surface area contributed by atoms with Crippen molar-refractivity contribution in [2.75, 3.05) is 6.54 Å². The first kappa shape index (κ1) is 25.5. The minimum absolute atomic E-state index is 0.222. The number of amides is 1. The summed E-state index contributed by atoms with van der Waals surface area (Å²) in [5, 5.41) is 18.8. The maximum atomic E-state index is 12.6. The monoisotopic (exact) mass is 472 g/mol. The molecule has 0 aromatic heterocycles. The summed E-state index contributed by atoms with van der Waals surface area (Å²) >= 11 is 0. The lowest BCUT2D eigenvalue weighted by atomic mass is 10.1. The second-order valence-corrected chi connectivity index (χ2v) is 8.18. The molecule has 0 radical (unpaired) electrons. The van der Waals surface area contributed by atoms with E-state index in [0.717, 1.165) is 35.6 Å². The number of guanidine groups is 1. The lowest BCUT2D eigenvalue weighted by Crippen LogP contribution is -2.42. The van der Waals surface area contributed by atoms with Gasteiger partial charge in [0.15, 0.2) is 5.96 Å². The maximum absolute atomic E-state index is 12.6. The van der Waals surface area contributed by atoms with Crippen LogP contribution in [0.4, 0.5) is 0 Å². The van der Waals surface area contributed by atoms with Gasteiger partial charge in [0.25, 0.3) is 5.91 Å². The Morgan fingerprint density at radius 1 is 0.829 bits per heavy atom. The molecule has 3 aromatic rings. The molecule has 0 spiro atoms. The zero-order valence-corrected chi connectivity index (χ0v) is 19.9. The molecule has 0 saturated heterocycles. The van der Waals surface area contributed by atoms with Crippen LogP contribution >= 0.6 is 0 Å². The summed E-state index contributed by atoms with van der Waals surface area (Å²) in [6.07, 6.45) is 1.21. The minimum Gasteiger partial charge on any atom is -0.480 e. The molecular weight excluding hydrogens is 440 g/mol. The summed E-state index contributed by atoms with van der Waals surface area (Å²) in [5.41, 5.74) is 3.37. The average molecular weight is 473 g/mol. The van der Waals surface area contributed by atoms with Crippen LogP contribution in [0.3, 0.4) is 0 Å². The molecule has 1 atom stereocenters. The number of aliphatic carboxylic acids is 1. The van der Waals surface area contributed by atoms with Gasteiger partial charge in [-0.05, 0) is 35.2 Å². The van der Waals surface area contributed by atoms with Gasteiger partial charge in [-0.25, -0.2) is 9.79 Å². The molecular formula is C28H32N4O3. The van der Waals surface area contributed by atoms with Crippen molar-refractivity contribution in [3.8, 4) is 0 Å². The van der Waals surface area contributed by atoms with Crippen molar-refractivity contribution < 1.29 is 14.7 Å². The summed E-state index contributed by atoms with van der Waals surface area (Å²) in [6, 6.07) is 25.4. The number of nitrogens with zero attached hydrogens (tertiary/aromatic N) is 1. The van der Waals surface area contributed by atoms with E-state index in [9.17, 15) is 14.7 Å². The predicted octanol–water partition coefficient (Wildman–Crippen LogP) is 3.76. The van der Waals surface area contributed by atoms with Gasteiger partial charge in [-0.3, -0.25) is 4.79 Å². The Morgan fingerprint density at radius 3 is 2.06 bits per heavy atom. The first-order chi connectivity index (χ1) is 17.0. The van der Waals surface area contributed by atoms with Crippen molar-refractivity contribution in [2.45, 2.75) is 38.9 Å². The zero-order chi connectivity index (χ0) is 24.9. The van der Waals surface area contributed by atoms with E-state index in [1.807, 2.05) is 72.8 Å². The zero-order valence-electron chi connectivity index (χ0n) is 19.9. The number of hydrogen-bond donors (Lipinski definition) is 4. The molecule has 0 aliphatic rings. The molecule has 0 bridgehead atoms. The molecule has 0 heterocycles. The Balaban J connectivity index is 1.57. The number of rotatable bonds is 11. The van der Waals surface area contributed by atoms with E-state index in [-0.39, 0.29) is 6.42 Å². The van der Waals surface area contributed by atoms with Gasteiger partial charge in [0.2, 0.25) is 0 Å². The number of carboxylic acid groups (broad SMARTS) is 1. The van der Waals surface area contributed by atoms with Gasteiger partial charge in [-0.15, -0.1) is 0 Å². The van der Waals surface area contributed by atoms with Crippen molar-refractivity contribution in [1.29, 1.82) is 0 Å². The normalized spacial score (nSPS) is 12.0. The fourth-order valence-electron chi connectivity index (χ4n) is 3.42. The largest absolute Gasteiger partial charge is 0.480 e. The molecule has 7 nitrogen and oxygen atoms in total. The molecule has 3 aromatic carbocycles. The molecule has 3 rings (SSSR count). The molecule has 35 heavy (non-hydrogen) atoms. The fraction of sp³-hybridized carbons (Fsp3) is 0.250. The molecule has 0 fully saturated rings. The highest BCUT2D eigenvalue weighted by Gasteiger charge is 2.21. The minimum atomic E-state index is -1.06. The van der Waals surface area contributed by atoms with E-state index >= 15 is 0 Å². The fourth-order valence-corrected chi connectivity index (χ4v) is 3.42. The Hall–Kier alpha value is -4.13. The van der Waals surface area contributed by atoms with Gasteiger partial charge in [-0.1, -0.05) is 79.7 Å². The highest BCUT2D eigenvalue weighted by molar-refractivity contribution is 5.96. The Labute approximate surface area is 206 Å². The van der Waals surface area contributed by atoms with Gasteiger partial charge in [-0.2, -0.15) is 0 Å². The van der Waals surface area contributed by atoms with E-state index < -0.39 is 17.9 Å². The Morgan fingerprint density at radius 2 is 1.46 bits per heavy atom. The van der Waals surface area contributed by atoms with Crippen LogP contribution in [-0.4, -0.2) is 35.5 Å². The number of hydrogen-bond acceptors (Lipinski definition) is 3. The number of carbonyl (C=O) groups excluding carboxylic acids is 1. The van der Waals surface area contributed by atoms with Gasteiger partial charge >= 0.3 is 5.97 Å². The van der Waals surface area contributed by atoms with E-state index in [1.54, 1.807) is 12.1 Å². The highest BCUT2D eigenvalue weighted by atomic mass is 16.4. The molecule has 0 saturated carbocycles. The van der Waals surface area contributed by atoms with Gasteiger partial charge in [0, 0.05) is 25.1 Å². The van der Waals surface area contributed by atoms with E-state index in [1.165, 1.54) is 0 Å². The van der Waals surface area contributed by atoms with Crippen LogP contribution < -0.4 is 16.0 Å². The van der Waals surface area contributed by atoms with Crippen LogP contribution in [0.1, 0.15) is 40.4 Å². The number of carbonyl (C=O) groups is 2. The lowest BCUT2D eigenvalue weighted by molar-refractivity contribution is -0.139. The predicted molar refractivity (Wildman–Crippen MR) is 138 cm³/mol. The SMILES string of the molecule is CCCNC(=NCc1ccccc1)NCc1ccc(C(=O)NC(Cc2ccccc2)C(=O)O)cc1. The Kier molecular flexibility index (Phi) is 9.87. The number of carboxylic acids is 1. The molecule has 1 unspecified atom stereocenters. The first-order valence-corrected chi connectivity index (χ1v) is 11.8. The van der Waals surface area contributed by atoms with Gasteiger partial charge in [0.1, 0.15) is 6.04 Å². The number of benzene rings is 3. The third-order valence-corrected chi connectivity index (χ3v) is 5.37. The number of nitrogens with one attached hydrogen (secondary N) is 3. The quantitative estimate of drug-likeness (QED) is 0.251. The average Bonchev–Trinajstić information content (AvgIpc) is 2.89. The second-order valence-electron chi connectivity index (χ2n) is 8.18. The maximum Gasteiger partial charge on any atom is 0.326 e. The van der Waals surface area contributed by atoms with Crippen molar-refractivity contribution in [3.63, 3.8) is 0 Å². The van der Waals surface area contributed by atoms with E-state index in [4.69, 9.17) is 0 Å². The van der Waals surface area contributed by atoms with Crippen LogP contribution in [0.5, 0.6) is 0 Å². The van der Waals surface area contributed by atoms with E-state index in [0.29, 0.717) is 18.7 Å². The molecule has 182 valence electrons. The second kappa shape index (κ2) is 13.5. The van der Waals surface area contributed by atoms with Crippen LogP contribution in [0.15, 0.2) is 89.9 Å². The summed E-state index contributed by atoms with van der Waals surface area (Å²) in [6.45, 7) is 4.03. The van der Waals surface area contributed by atoms with Crippen molar-refractivity contribution >= 4 is 17.8 Å². The van der Waals surface area contributed by atoms with Crippen LogP contribution in [0.25, 0.3) is 0 Å². The summed E-state index contributed by atoms with van der Waals surface area (Å²) < 4.78 is 0. The molecule has 1 amide bonds. The van der Waals surface area contributed by atoms with Crippen LogP contribution in [0, 0.1) is 0 Å². The Bertz CT molecular complexity index is 1100. The third kappa shape index (κ3) is 8.62. The molecule has 7 heteroatoms. The first-order valence-electron chi connectivity index (χ1n) is 11.8. The standard InChI is InChI=1S/C28H32N4O3/c1-2-17-29-28(30-19-22-11-7-4-8-12-22)31-20-23-13-15-24(16-14-23)26(33)32-25(27(34)35)18-21-9-5-3-6-10-21/h3-16,25H,2,17-20H2,1H3,(H,32,33)(H,34,35)(H2,29,30,31). The summed E-state index contributed by atoms with van der Waals surface area (Å²) in [7, 11) is 0. The van der Waals surface area contributed by atoms with Crippen LogP contribution in [-0.2, 0) is 24.3 Å². The molecule has 0 aliphatic heterocycles. The highest BCUT2D eigenvalue weighted by Crippen LogP contribution is 2.08. The number of aliphatic imine (C=N–C) groups is 1. The third-order valence-electron chi connectivity index (χ3n) is 5.37. The summed E-state index contributed by atoms with van der Waals surface area (Å²) in [4.78, 5) is 28.9. The lowest BCUT2D eigenvalue weighted by Gasteiger charge is -2.15. The van der Waals surface area contributed by atoms with E-state index in [2.05, 4.69) is 27.9 Å². The smallest absolute Gasteiger partial charge is 0.326 e. The van der Waals surface area contributed by atoms with Crippen molar-refractivity contribution in [1.82, 2.24) is 16.0 Å². The van der Waals surface area contributed by atoms with Crippen molar-refractivity contribution in [2.24, 2.45) is 4.99 Å². The van der Waals surface area contributed by atoms with Gasteiger partial charge < -0.3 is 21.1 Å². The van der Waals surface area contributed by atoms with Gasteiger partial charge in [0.05, 0.1) is 6.54 Å². The van der Waals surface area contributed by atoms with Crippen LogP contribution in [0.2, 0.25) is 0 Å². The molecule has 4 N–H and O–H groups in total. The molecule has 0 aliphatic carbocycles.